The van der Waals surface area contributed by atoms with Gasteiger partial charge in [0.2, 0.25) is 0 Å². The van der Waals surface area contributed by atoms with Crippen molar-refractivity contribution in [1.29, 1.82) is 0 Å². The predicted molar refractivity (Wildman–Crippen MR) is 56.8 cm³/mol. The van der Waals surface area contributed by atoms with E-state index in [4.69, 9.17) is 24.7 Å². The van der Waals surface area contributed by atoms with E-state index in [1.165, 1.54) is 0 Å². The van der Waals surface area contributed by atoms with Crippen LogP contribution in [0.3, 0.4) is 0 Å². The molecule has 0 bridgehead atoms. The largest absolute Gasteiger partial charge is 0.478 e. The molecule has 1 aromatic rings. The van der Waals surface area contributed by atoms with Crippen LogP contribution in [0.2, 0.25) is 0 Å². The molecule has 8 nitrogen and oxygen atoms in total. The van der Waals surface area contributed by atoms with Crippen molar-refractivity contribution in [3.63, 3.8) is 0 Å². The molecule has 1 rings (SSSR count). The van der Waals surface area contributed by atoms with Crippen molar-refractivity contribution in [2.45, 2.75) is 0 Å². The third kappa shape index (κ3) is 3.47. The first-order valence-corrected chi connectivity index (χ1v) is 7.25. The van der Waals surface area contributed by atoms with Gasteiger partial charge in [-0.3, -0.25) is 9.13 Å². The number of hydrogen-bond acceptors (Lipinski definition) is 3. The van der Waals surface area contributed by atoms with Crippen LogP contribution < -0.4 is 10.6 Å². The lowest BCUT2D eigenvalue weighted by Gasteiger charge is -2.09. The standard InChI is InChI=1S/C7H8O8P2/c8-7(9)4-1-5(16(10,11)12)3-6(2-4)17(13,14)15/h1-3H,(H,8,9)(H2,10,11,12)(H2,13,14,15). The minimum atomic E-state index is -4.79. The molecule has 0 fully saturated rings. The summed E-state index contributed by atoms with van der Waals surface area (Å²) >= 11 is 0. The number of carbonyl (C=O) groups is 1. The van der Waals surface area contributed by atoms with E-state index in [0.29, 0.717) is 18.2 Å². The van der Waals surface area contributed by atoms with E-state index in [9.17, 15) is 13.9 Å². The molecule has 0 atom stereocenters. The van der Waals surface area contributed by atoms with Gasteiger partial charge in [-0.2, -0.15) is 0 Å². The van der Waals surface area contributed by atoms with Crippen molar-refractivity contribution in [2.24, 2.45) is 0 Å². The first kappa shape index (κ1) is 14.1. The van der Waals surface area contributed by atoms with Crippen molar-refractivity contribution in [3.8, 4) is 0 Å². The van der Waals surface area contributed by atoms with E-state index in [-0.39, 0.29) is 0 Å². The van der Waals surface area contributed by atoms with Crippen molar-refractivity contribution in [2.75, 3.05) is 0 Å². The smallest absolute Gasteiger partial charge is 0.356 e. The first-order chi connectivity index (χ1) is 7.51. The van der Waals surface area contributed by atoms with Gasteiger partial charge in [0.25, 0.3) is 0 Å². The fourth-order valence-electron chi connectivity index (χ4n) is 1.05. The molecule has 0 radical (unpaired) electrons. The molecule has 0 aliphatic rings. The van der Waals surface area contributed by atoms with Crippen LogP contribution in [-0.4, -0.2) is 30.6 Å². The van der Waals surface area contributed by atoms with Gasteiger partial charge >= 0.3 is 21.2 Å². The van der Waals surface area contributed by atoms with Gasteiger partial charge in [0.15, 0.2) is 0 Å². The second-order valence-corrected chi connectivity index (χ2v) is 6.34. The highest BCUT2D eigenvalue weighted by Gasteiger charge is 2.25. The highest BCUT2D eigenvalue weighted by molar-refractivity contribution is 7.61. The second kappa shape index (κ2) is 4.34. The maximum absolute atomic E-state index is 10.9. The minimum Gasteiger partial charge on any atom is -0.478 e. The molecule has 17 heavy (non-hydrogen) atoms. The molecular weight excluding hydrogens is 274 g/mol. The number of hydrogen-bond donors (Lipinski definition) is 5. The summed E-state index contributed by atoms with van der Waals surface area (Å²) in [6, 6.07) is 1.93. The molecule has 0 aromatic heterocycles. The Morgan fingerprint density at radius 3 is 1.47 bits per heavy atom. The summed E-state index contributed by atoms with van der Waals surface area (Å²) in [4.78, 5) is 46.1. The lowest BCUT2D eigenvalue weighted by molar-refractivity contribution is 0.0697. The van der Waals surface area contributed by atoms with Gasteiger partial charge in [0.05, 0.1) is 16.2 Å². The summed E-state index contributed by atoms with van der Waals surface area (Å²) in [6.45, 7) is 0. The lowest BCUT2D eigenvalue weighted by atomic mass is 10.2. The van der Waals surface area contributed by atoms with Gasteiger partial charge in [0.1, 0.15) is 0 Å². The van der Waals surface area contributed by atoms with Crippen LogP contribution in [-0.2, 0) is 9.13 Å². The molecule has 0 saturated heterocycles. The van der Waals surface area contributed by atoms with E-state index in [1.807, 2.05) is 0 Å². The maximum atomic E-state index is 10.9. The average Bonchev–Trinajstić information content (AvgIpc) is 2.14. The maximum Gasteiger partial charge on any atom is 0.356 e. The van der Waals surface area contributed by atoms with E-state index in [2.05, 4.69) is 0 Å². The molecule has 94 valence electrons. The van der Waals surface area contributed by atoms with Crippen molar-refractivity contribution in [1.82, 2.24) is 0 Å². The molecule has 0 aliphatic heterocycles. The predicted octanol–water partition coefficient (Wildman–Crippen LogP) is -1.01. The van der Waals surface area contributed by atoms with Crippen molar-refractivity contribution >= 4 is 31.8 Å². The summed E-state index contributed by atoms with van der Waals surface area (Å²) in [5.41, 5.74) is -0.607. The third-order valence-electron chi connectivity index (χ3n) is 1.82. The summed E-state index contributed by atoms with van der Waals surface area (Å²) < 4.78 is 21.9. The Morgan fingerprint density at radius 1 is 0.882 bits per heavy atom. The van der Waals surface area contributed by atoms with Crippen LogP contribution in [0, 0.1) is 0 Å². The molecule has 1 aromatic carbocycles. The SMILES string of the molecule is O=C(O)c1cc(P(=O)(O)O)cc(P(=O)(O)O)c1. The topological polar surface area (TPSA) is 152 Å². The number of carboxylic acids is 1. The molecule has 10 heteroatoms. The van der Waals surface area contributed by atoms with Gasteiger partial charge in [-0.1, -0.05) is 0 Å². The zero-order chi connectivity index (χ0) is 13.4. The fourth-order valence-corrected chi connectivity index (χ4v) is 2.39. The van der Waals surface area contributed by atoms with Crippen LogP contribution in [0.1, 0.15) is 10.4 Å². The average molecular weight is 282 g/mol. The van der Waals surface area contributed by atoms with Gasteiger partial charge in [-0.25, -0.2) is 4.79 Å². The zero-order valence-electron chi connectivity index (χ0n) is 8.09. The van der Waals surface area contributed by atoms with Crippen molar-refractivity contribution in [3.05, 3.63) is 23.8 Å². The van der Waals surface area contributed by atoms with Crippen LogP contribution in [0.15, 0.2) is 18.2 Å². The molecule has 0 spiro atoms. The Bertz CT molecular complexity index is 513. The Hall–Kier alpha value is -1.01. The van der Waals surface area contributed by atoms with E-state index in [1.54, 1.807) is 0 Å². The van der Waals surface area contributed by atoms with E-state index in [0.717, 1.165) is 0 Å². The second-order valence-electron chi connectivity index (χ2n) is 3.13. The number of carboxylic acid groups (broad SMARTS) is 1. The highest BCUT2D eigenvalue weighted by atomic mass is 31.2. The summed E-state index contributed by atoms with van der Waals surface area (Å²) in [7, 11) is -9.58. The minimum absolute atomic E-state index is 0.591. The summed E-state index contributed by atoms with van der Waals surface area (Å²) in [6.07, 6.45) is 0. The molecule has 0 heterocycles. The van der Waals surface area contributed by atoms with Crippen LogP contribution in [0.5, 0.6) is 0 Å². The zero-order valence-corrected chi connectivity index (χ0v) is 9.88. The number of aromatic carboxylic acids is 1. The Balaban J connectivity index is 3.56. The monoisotopic (exact) mass is 282 g/mol. The molecule has 0 amide bonds. The molecule has 0 unspecified atom stereocenters. The van der Waals surface area contributed by atoms with Gasteiger partial charge in [-0.05, 0) is 18.2 Å². The van der Waals surface area contributed by atoms with Crippen LogP contribution in [0.25, 0.3) is 0 Å². The molecule has 5 N–H and O–H groups in total. The summed E-state index contributed by atoms with van der Waals surface area (Å²) in [5, 5.41) is 7.15. The molecule has 0 aliphatic carbocycles. The number of benzene rings is 1. The number of rotatable bonds is 3. The normalized spacial score (nSPS) is 12.5. The first-order valence-electron chi connectivity index (χ1n) is 4.02. The Morgan fingerprint density at radius 2 is 1.24 bits per heavy atom. The van der Waals surface area contributed by atoms with Gasteiger partial charge < -0.3 is 24.7 Å². The van der Waals surface area contributed by atoms with Crippen molar-refractivity contribution < 1.29 is 38.6 Å². The third-order valence-corrected chi connectivity index (χ3v) is 3.68. The summed E-state index contributed by atoms with van der Waals surface area (Å²) in [5.74, 6) is -1.55. The Labute approximate surface area is 94.9 Å². The molecule has 0 saturated carbocycles. The lowest BCUT2D eigenvalue weighted by Crippen LogP contribution is -2.17. The highest BCUT2D eigenvalue weighted by Crippen LogP contribution is 2.37. The van der Waals surface area contributed by atoms with E-state index < -0.39 is 37.3 Å². The Kier molecular flexibility index (Phi) is 3.59. The quantitative estimate of drug-likeness (QED) is 0.442. The van der Waals surface area contributed by atoms with Crippen LogP contribution in [0.4, 0.5) is 0 Å². The van der Waals surface area contributed by atoms with Gasteiger partial charge in [0, 0.05) is 0 Å². The van der Waals surface area contributed by atoms with Gasteiger partial charge in [-0.15, -0.1) is 0 Å². The molecular formula is C7H8O8P2. The fraction of sp³-hybridized carbons (Fsp3) is 0. The van der Waals surface area contributed by atoms with Crippen LogP contribution >= 0.6 is 15.2 Å². The van der Waals surface area contributed by atoms with E-state index >= 15 is 0 Å².